The van der Waals surface area contributed by atoms with Crippen molar-refractivity contribution in [3.8, 4) is 0 Å². The Morgan fingerprint density at radius 2 is 2.28 bits per heavy atom. The summed E-state index contributed by atoms with van der Waals surface area (Å²) < 4.78 is 10.0. The van der Waals surface area contributed by atoms with Crippen LogP contribution in [0, 0.1) is 0 Å². The third-order valence-corrected chi connectivity index (χ3v) is 2.90. The maximum absolute atomic E-state index is 11.4. The average Bonchev–Trinajstić information content (AvgIpc) is 2.41. The standard InChI is InChI=1S/C12H15NO5/c1-17-12(16)7-2-3-13-8(4-7)11-5-9(14)10(15)6-18-11/h2-4,9-11,14-15H,5-6H2,1H3/t9-,10+,11-/m0/s1. The first-order valence-electron chi connectivity index (χ1n) is 5.64. The number of pyridine rings is 1. The minimum absolute atomic E-state index is 0.0516. The van der Waals surface area contributed by atoms with Crippen molar-refractivity contribution < 1.29 is 24.5 Å². The van der Waals surface area contributed by atoms with Crippen LogP contribution in [0.25, 0.3) is 0 Å². The van der Waals surface area contributed by atoms with Gasteiger partial charge in [-0.25, -0.2) is 4.79 Å². The van der Waals surface area contributed by atoms with Gasteiger partial charge in [0, 0.05) is 12.6 Å². The number of esters is 1. The predicted octanol–water partition coefficient (Wildman–Crippen LogP) is 0.0514. The van der Waals surface area contributed by atoms with Crippen molar-refractivity contribution >= 4 is 5.97 Å². The molecule has 0 saturated carbocycles. The molecular weight excluding hydrogens is 238 g/mol. The van der Waals surface area contributed by atoms with Crippen LogP contribution in [0.4, 0.5) is 0 Å². The van der Waals surface area contributed by atoms with Crippen LogP contribution in [0.3, 0.4) is 0 Å². The molecule has 1 aromatic rings. The maximum Gasteiger partial charge on any atom is 0.337 e. The molecule has 1 aliphatic heterocycles. The van der Waals surface area contributed by atoms with Crippen molar-refractivity contribution in [1.29, 1.82) is 0 Å². The first-order valence-corrected chi connectivity index (χ1v) is 5.64. The molecule has 0 amide bonds. The minimum Gasteiger partial charge on any atom is -0.465 e. The SMILES string of the molecule is COC(=O)c1ccnc([C@@H]2C[C@H](O)[C@H](O)CO2)c1. The highest BCUT2D eigenvalue weighted by molar-refractivity contribution is 5.89. The zero-order chi connectivity index (χ0) is 13.1. The number of hydrogen-bond acceptors (Lipinski definition) is 6. The lowest BCUT2D eigenvalue weighted by Gasteiger charge is -2.30. The number of aromatic nitrogens is 1. The van der Waals surface area contributed by atoms with E-state index in [1.165, 1.54) is 13.3 Å². The smallest absolute Gasteiger partial charge is 0.337 e. The molecule has 2 N–H and O–H groups in total. The third kappa shape index (κ3) is 2.66. The van der Waals surface area contributed by atoms with Crippen molar-refractivity contribution in [3.63, 3.8) is 0 Å². The summed E-state index contributed by atoms with van der Waals surface area (Å²) in [6.07, 6.45) is -0.397. The Morgan fingerprint density at radius 1 is 1.50 bits per heavy atom. The van der Waals surface area contributed by atoms with Crippen LogP contribution in [0.5, 0.6) is 0 Å². The molecule has 6 nitrogen and oxygen atoms in total. The first-order chi connectivity index (χ1) is 8.61. The van der Waals surface area contributed by atoms with E-state index in [4.69, 9.17) is 4.74 Å². The number of ether oxygens (including phenoxy) is 2. The lowest BCUT2D eigenvalue weighted by Crippen LogP contribution is -2.38. The zero-order valence-corrected chi connectivity index (χ0v) is 9.94. The van der Waals surface area contributed by atoms with E-state index in [2.05, 4.69) is 9.72 Å². The molecule has 0 radical (unpaired) electrons. The number of rotatable bonds is 2. The number of methoxy groups -OCH3 is 1. The topological polar surface area (TPSA) is 88.9 Å². The Hall–Kier alpha value is -1.50. The molecule has 0 bridgehead atoms. The molecule has 18 heavy (non-hydrogen) atoms. The van der Waals surface area contributed by atoms with Gasteiger partial charge in [0.15, 0.2) is 0 Å². The summed E-state index contributed by atoms with van der Waals surface area (Å²) in [5.41, 5.74) is 0.926. The number of aliphatic hydroxyl groups excluding tert-OH is 2. The summed E-state index contributed by atoms with van der Waals surface area (Å²) in [6.45, 7) is 0.0516. The van der Waals surface area contributed by atoms with Gasteiger partial charge < -0.3 is 19.7 Å². The van der Waals surface area contributed by atoms with Gasteiger partial charge >= 0.3 is 5.97 Å². The van der Waals surface area contributed by atoms with E-state index in [0.29, 0.717) is 11.3 Å². The van der Waals surface area contributed by atoms with Crippen molar-refractivity contribution in [1.82, 2.24) is 4.98 Å². The lowest BCUT2D eigenvalue weighted by atomic mass is 10.0. The van der Waals surface area contributed by atoms with E-state index in [-0.39, 0.29) is 13.0 Å². The van der Waals surface area contributed by atoms with Crippen LogP contribution >= 0.6 is 0 Å². The second-order valence-electron chi connectivity index (χ2n) is 4.15. The largest absolute Gasteiger partial charge is 0.465 e. The molecule has 1 saturated heterocycles. The van der Waals surface area contributed by atoms with Gasteiger partial charge in [-0.05, 0) is 12.1 Å². The van der Waals surface area contributed by atoms with Gasteiger partial charge in [0.25, 0.3) is 0 Å². The molecule has 1 aromatic heterocycles. The van der Waals surface area contributed by atoms with Crippen LogP contribution in [0.1, 0.15) is 28.6 Å². The highest BCUT2D eigenvalue weighted by atomic mass is 16.5. The summed E-state index contributed by atoms with van der Waals surface area (Å²) in [5, 5.41) is 18.9. The summed E-state index contributed by atoms with van der Waals surface area (Å²) in [6, 6.07) is 3.12. The second kappa shape index (κ2) is 5.43. The maximum atomic E-state index is 11.4. The highest BCUT2D eigenvalue weighted by Crippen LogP contribution is 2.27. The number of aliphatic hydroxyl groups is 2. The van der Waals surface area contributed by atoms with Gasteiger partial charge in [0.1, 0.15) is 12.2 Å². The molecule has 0 aromatic carbocycles. The zero-order valence-electron chi connectivity index (χ0n) is 9.94. The van der Waals surface area contributed by atoms with Crippen LogP contribution in [0.2, 0.25) is 0 Å². The molecule has 2 rings (SSSR count). The molecule has 0 unspecified atom stereocenters. The van der Waals surface area contributed by atoms with Crippen LogP contribution in [0.15, 0.2) is 18.3 Å². The molecule has 1 fully saturated rings. The molecule has 1 aliphatic rings. The molecule has 6 heteroatoms. The van der Waals surface area contributed by atoms with E-state index in [9.17, 15) is 15.0 Å². The number of carbonyl (C=O) groups is 1. The van der Waals surface area contributed by atoms with Gasteiger partial charge in [-0.2, -0.15) is 0 Å². The quantitative estimate of drug-likeness (QED) is 0.724. The Bertz CT molecular complexity index is 436. The number of carbonyl (C=O) groups excluding carboxylic acids is 1. The van der Waals surface area contributed by atoms with Crippen molar-refractivity contribution in [2.45, 2.75) is 24.7 Å². The highest BCUT2D eigenvalue weighted by Gasteiger charge is 2.30. The van der Waals surface area contributed by atoms with Gasteiger partial charge in [-0.1, -0.05) is 0 Å². The van der Waals surface area contributed by atoms with E-state index in [1.807, 2.05) is 0 Å². The Morgan fingerprint density at radius 3 is 2.94 bits per heavy atom. The molecule has 0 aliphatic carbocycles. The van der Waals surface area contributed by atoms with Gasteiger partial charge in [0.2, 0.25) is 0 Å². The summed E-state index contributed by atoms with van der Waals surface area (Å²) in [5.74, 6) is -0.449. The molecule has 98 valence electrons. The van der Waals surface area contributed by atoms with Gasteiger partial charge in [0.05, 0.1) is 31.1 Å². The van der Waals surface area contributed by atoms with Gasteiger partial charge in [-0.15, -0.1) is 0 Å². The monoisotopic (exact) mass is 253 g/mol. The Balaban J connectivity index is 2.16. The fourth-order valence-corrected chi connectivity index (χ4v) is 1.85. The molecule has 2 heterocycles. The first kappa shape index (κ1) is 12.9. The van der Waals surface area contributed by atoms with E-state index in [1.54, 1.807) is 12.1 Å². The van der Waals surface area contributed by atoms with Crippen LogP contribution in [-0.4, -0.2) is 47.1 Å². The van der Waals surface area contributed by atoms with E-state index < -0.39 is 24.3 Å². The summed E-state index contributed by atoms with van der Waals surface area (Å²) in [7, 11) is 1.31. The fourth-order valence-electron chi connectivity index (χ4n) is 1.85. The normalized spacial score (nSPS) is 27.8. The predicted molar refractivity (Wildman–Crippen MR) is 60.9 cm³/mol. The molecule has 0 spiro atoms. The Labute approximate surface area is 104 Å². The van der Waals surface area contributed by atoms with Crippen LogP contribution in [-0.2, 0) is 9.47 Å². The van der Waals surface area contributed by atoms with Crippen molar-refractivity contribution in [2.75, 3.05) is 13.7 Å². The fraction of sp³-hybridized carbons (Fsp3) is 0.500. The third-order valence-electron chi connectivity index (χ3n) is 2.90. The molecule has 3 atom stereocenters. The number of hydrogen-bond donors (Lipinski definition) is 2. The molecular formula is C12H15NO5. The van der Waals surface area contributed by atoms with E-state index >= 15 is 0 Å². The number of nitrogens with zero attached hydrogens (tertiary/aromatic N) is 1. The van der Waals surface area contributed by atoms with Crippen molar-refractivity contribution in [2.24, 2.45) is 0 Å². The summed E-state index contributed by atoms with van der Waals surface area (Å²) >= 11 is 0. The lowest BCUT2D eigenvalue weighted by molar-refractivity contribution is -0.123. The van der Waals surface area contributed by atoms with Gasteiger partial charge in [-0.3, -0.25) is 4.98 Å². The summed E-state index contributed by atoms with van der Waals surface area (Å²) in [4.78, 5) is 15.5. The minimum atomic E-state index is -0.870. The average molecular weight is 253 g/mol. The Kier molecular flexibility index (Phi) is 3.90. The van der Waals surface area contributed by atoms with Crippen LogP contribution < -0.4 is 0 Å². The van der Waals surface area contributed by atoms with Crippen molar-refractivity contribution in [3.05, 3.63) is 29.6 Å². The second-order valence-corrected chi connectivity index (χ2v) is 4.15. The van der Waals surface area contributed by atoms with E-state index in [0.717, 1.165) is 0 Å².